The molecule has 0 saturated heterocycles. The van der Waals surface area contributed by atoms with Crippen molar-refractivity contribution in [1.82, 2.24) is 10.9 Å². The van der Waals surface area contributed by atoms with Gasteiger partial charge in [0.05, 0.1) is 11.4 Å². The Morgan fingerprint density at radius 2 is 1.09 bits per heavy atom. The quantitative estimate of drug-likeness (QED) is 0.413. The zero-order chi connectivity index (χ0) is 24.4. The molecular weight excluding hydrogens is 456 g/mol. The van der Waals surface area contributed by atoms with Crippen molar-refractivity contribution in [3.63, 3.8) is 0 Å². The smallest absolute Gasteiger partial charge is 0.307 e. The number of amides is 2. The van der Waals surface area contributed by atoms with Gasteiger partial charge in [-0.3, -0.25) is 9.59 Å². The summed E-state index contributed by atoms with van der Waals surface area (Å²) in [6.07, 6.45) is 0. The van der Waals surface area contributed by atoms with E-state index >= 15 is 0 Å². The minimum absolute atomic E-state index is 0.0751. The number of hydrogen-bond donors (Lipinski definition) is 2. The van der Waals surface area contributed by atoms with E-state index < -0.39 is 11.8 Å². The summed E-state index contributed by atoms with van der Waals surface area (Å²) in [5, 5.41) is 8.17. The summed E-state index contributed by atoms with van der Waals surface area (Å²) < 4.78 is 26.6. The van der Waals surface area contributed by atoms with Gasteiger partial charge in [-0.15, -0.1) is 0 Å². The van der Waals surface area contributed by atoms with Gasteiger partial charge in [0.25, 0.3) is 0 Å². The Kier molecular flexibility index (Phi) is 5.80. The summed E-state index contributed by atoms with van der Waals surface area (Å²) in [7, 11) is 0. The fourth-order valence-electron chi connectivity index (χ4n) is 3.33. The molecule has 2 N–H and O–H groups in total. The molecule has 2 aromatic carbocycles. The number of carbonyl (C=O) groups excluding carboxylic acids is 2. The molecule has 0 spiro atoms. The number of rotatable bonds is 6. The van der Waals surface area contributed by atoms with Crippen molar-refractivity contribution < 1.29 is 33.0 Å². The van der Waals surface area contributed by atoms with Crippen LogP contribution in [0.2, 0.25) is 0 Å². The van der Waals surface area contributed by atoms with Crippen molar-refractivity contribution in [3.05, 3.63) is 71.2 Å². The molecule has 2 aliphatic heterocycles. The van der Waals surface area contributed by atoms with Crippen molar-refractivity contribution in [1.29, 1.82) is 0 Å². The average Bonchev–Trinajstić information content (AvgIpc) is 3.64. The minimum atomic E-state index is -0.607. The molecule has 2 amide bonds. The molecule has 11 nitrogen and oxygen atoms in total. The lowest BCUT2D eigenvalue weighted by Gasteiger charge is -2.04. The van der Waals surface area contributed by atoms with Crippen LogP contribution in [-0.4, -0.2) is 36.8 Å². The molecule has 0 radical (unpaired) electrons. The fraction of sp³-hybridized carbons (Fsp3) is 0.167. The monoisotopic (exact) mass is 476 g/mol. The zero-order valence-electron chi connectivity index (χ0n) is 18.8. The van der Waals surface area contributed by atoms with Crippen molar-refractivity contribution in [3.8, 4) is 23.0 Å². The third-order valence-electron chi connectivity index (χ3n) is 5.28. The first-order chi connectivity index (χ1) is 17.0. The maximum atomic E-state index is 12.4. The van der Waals surface area contributed by atoms with Gasteiger partial charge >= 0.3 is 11.8 Å². The molecular formula is C24H20N4O7. The Hall–Kier alpha value is -4.80. The number of furan rings is 1. The Morgan fingerprint density at radius 1 is 0.657 bits per heavy atom. The van der Waals surface area contributed by atoms with Gasteiger partial charge in [-0.05, 0) is 62.4 Å². The van der Waals surface area contributed by atoms with Crippen LogP contribution in [-0.2, 0) is 0 Å². The largest absolute Gasteiger partial charge is 0.454 e. The lowest BCUT2D eigenvalue weighted by molar-refractivity contribution is 0.0902. The maximum Gasteiger partial charge on any atom is 0.307 e. The molecule has 178 valence electrons. The van der Waals surface area contributed by atoms with Gasteiger partial charge in [0.1, 0.15) is 0 Å². The fourth-order valence-corrected chi connectivity index (χ4v) is 3.33. The van der Waals surface area contributed by atoms with E-state index in [1.165, 1.54) is 12.1 Å². The average molecular weight is 476 g/mol. The predicted molar refractivity (Wildman–Crippen MR) is 123 cm³/mol. The molecule has 0 aliphatic carbocycles. The SMILES string of the molecule is C/C(=N/NC(=O)c1ccc(C(=O)N/N=C(\C)c2ccc3c(c2)OCO3)o1)c1ccc2c(c1)OCO2. The van der Waals surface area contributed by atoms with Gasteiger partial charge in [-0.25, -0.2) is 10.9 Å². The van der Waals surface area contributed by atoms with E-state index in [9.17, 15) is 9.59 Å². The highest BCUT2D eigenvalue weighted by Gasteiger charge is 2.18. The van der Waals surface area contributed by atoms with Crippen molar-refractivity contribution in [2.24, 2.45) is 10.2 Å². The van der Waals surface area contributed by atoms with Crippen molar-refractivity contribution in [2.75, 3.05) is 13.6 Å². The number of hydrazone groups is 2. The predicted octanol–water partition coefficient (Wildman–Crippen LogP) is 3.05. The number of hydrogen-bond acceptors (Lipinski definition) is 9. The van der Waals surface area contributed by atoms with Crippen LogP contribution in [0.1, 0.15) is 46.1 Å². The van der Waals surface area contributed by atoms with Crippen LogP contribution in [0.3, 0.4) is 0 Å². The topological polar surface area (TPSA) is 133 Å². The molecule has 5 rings (SSSR count). The molecule has 2 aliphatic rings. The van der Waals surface area contributed by atoms with E-state index in [-0.39, 0.29) is 25.1 Å². The minimum Gasteiger partial charge on any atom is -0.454 e. The molecule has 11 heteroatoms. The van der Waals surface area contributed by atoms with Crippen molar-refractivity contribution >= 4 is 23.2 Å². The Balaban J connectivity index is 1.19. The van der Waals surface area contributed by atoms with Gasteiger partial charge in [0.15, 0.2) is 34.5 Å². The lowest BCUT2D eigenvalue weighted by atomic mass is 10.1. The molecule has 3 heterocycles. The van der Waals surface area contributed by atoms with Gasteiger partial charge in [0.2, 0.25) is 13.6 Å². The van der Waals surface area contributed by atoms with Crippen LogP contribution in [0, 0.1) is 0 Å². The van der Waals surface area contributed by atoms with Gasteiger partial charge in [-0.1, -0.05) is 0 Å². The lowest BCUT2D eigenvalue weighted by Crippen LogP contribution is -2.20. The number of fused-ring (bicyclic) bond motifs is 2. The second-order valence-electron chi connectivity index (χ2n) is 7.58. The standard InChI is InChI=1S/C24H20N4O7/c1-13(15-3-5-17-21(9-15)33-11-31-17)25-27-23(29)19-7-8-20(35-19)24(30)28-26-14(2)16-4-6-18-22(10-16)34-12-32-18/h3-10H,11-12H2,1-2H3,(H,27,29)(H,28,30)/b25-13-,26-14+. The number of nitrogens with zero attached hydrogens (tertiary/aromatic N) is 2. The molecule has 0 bridgehead atoms. The Morgan fingerprint density at radius 3 is 1.54 bits per heavy atom. The highest BCUT2D eigenvalue weighted by molar-refractivity contribution is 6.02. The van der Waals surface area contributed by atoms with E-state index in [2.05, 4.69) is 21.1 Å². The van der Waals surface area contributed by atoms with E-state index in [1.807, 2.05) is 0 Å². The van der Waals surface area contributed by atoms with E-state index in [0.29, 0.717) is 34.4 Å². The van der Waals surface area contributed by atoms with Crippen LogP contribution >= 0.6 is 0 Å². The summed E-state index contributed by atoms with van der Waals surface area (Å²) in [4.78, 5) is 24.8. The second-order valence-corrected chi connectivity index (χ2v) is 7.58. The summed E-state index contributed by atoms with van der Waals surface area (Å²) in [5.74, 6) is 1.17. The summed E-state index contributed by atoms with van der Waals surface area (Å²) in [5.41, 5.74) is 7.43. The molecule has 0 fully saturated rings. The van der Waals surface area contributed by atoms with Crippen LogP contribution in [0.4, 0.5) is 0 Å². The third kappa shape index (κ3) is 4.64. The summed E-state index contributed by atoms with van der Waals surface area (Å²) in [6, 6.07) is 13.5. The highest BCUT2D eigenvalue weighted by Crippen LogP contribution is 2.33. The molecule has 0 unspecified atom stereocenters. The van der Waals surface area contributed by atoms with Crippen LogP contribution in [0.15, 0.2) is 63.2 Å². The summed E-state index contributed by atoms with van der Waals surface area (Å²) in [6.45, 7) is 3.81. The second kappa shape index (κ2) is 9.21. The first kappa shape index (κ1) is 22.0. The van der Waals surface area contributed by atoms with Gasteiger partial charge < -0.3 is 23.4 Å². The zero-order valence-corrected chi connectivity index (χ0v) is 18.8. The number of carbonyl (C=O) groups is 2. The normalized spacial score (nSPS) is 14.1. The van der Waals surface area contributed by atoms with Crippen LogP contribution < -0.4 is 29.8 Å². The number of ether oxygens (including phenoxy) is 4. The number of benzene rings is 2. The Bertz CT molecular complexity index is 1270. The molecule has 0 saturated carbocycles. The highest BCUT2D eigenvalue weighted by atomic mass is 16.7. The first-order valence-corrected chi connectivity index (χ1v) is 10.6. The van der Waals surface area contributed by atoms with E-state index in [0.717, 1.165) is 11.1 Å². The first-order valence-electron chi connectivity index (χ1n) is 10.6. The van der Waals surface area contributed by atoms with E-state index in [1.54, 1.807) is 50.2 Å². The third-order valence-corrected chi connectivity index (χ3v) is 5.28. The van der Waals surface area contributed by atoms with Gasteiger partial charge in [-0.2, -0.15) is 10.2 Å². The van der Waals surface area contributed by atoms with Crippen molar-refractivity contribution in [2.45, 2.75) is 13.8 Å². The summed E-state index contributed by atoms with van der Waals surface area (Å²) >= 11 is 0. The number of nitrogens with one attached hydrogen (secondary N) is 2. The Labute approximate surface area is 199 Å². The molecule has 35 heavy (non-hydrogen) atoms. The van der Waals surface area contributed by atoms with Crippen LogP contribution in [0.5, 0.6) is 23.0 Å². The van der Waals surface area contributed by atoms with Gasteiger partial charge in [0, 0.05) is 11.1 Å². The van der Waals surface area contributed by atoms with Crippen LogP contribution in [0.25, 0.3) is 0 Å². The maximum absolute atomic E-state index is 12.4. The molecule has 3 aromatic rings. The molecule has 1 aromatic heterocycles. The molecule has 0 atom stereocenters. The van der Waals surface area contributed by atoms with E-state index in [4.69, 9.17) is 23.4 Å².